The average Bonchev–Trinajstić information content (AvgIpc) is 2.58. The van der Waals surface area contributed by atoms with Crippen molar-refractivity contribution in [3.05, 3.63) is 35.5 Å². The Balaban J connectivity index is 2.46. The molecule has 0 aliphatic rings. The van der Waals surface area contributed by atoms with Crippen LogP contribution in [-0.2, 0) is 18.3 Å². The molecule has 0 spiro atoms. The lowest BCUT2D eigenvalue weighted by Crippen LogP contribution is -2.13. The van der Waals surface area contributed by atoms with Gasteiger partial charge in [0.15, 0.2) is 0 Å². The Hall–Kier alpha value is -1.77. The van der Waals surface area contributed by atoms with Gasteiger partial charge in [-0.3, -0.25) is 4.79 Å². The molecule has 1 heterocycles. The van der Waals surface area contributed by atoms with Crippen LogP contribution in [0.5, 0.6) is 0 Å². The Kier molecular flexibility index (Phi) is 2.92. The van der Waals surface area contributed by atoms with Crippen molar-refractivity contribution in [3.8, 4) is 0 Å². The molecule has 17 heavy (non-hydrogen) atoms. The molecule has 2 rings (SSSR count). The van der Waals surface area contributed by atoms with Gasteiger partial charge >= 0.3 is 5.97 Å². The number of aryl methyl sites for hydroxylation is 2. The number of aliphatic carboxylic acids is 1. The first-order valence-corrected chi connectivity index (χ1v) is 5.77. The van der Waals surface area contributed by atoms with Crippen LogP contribution in [0.3, 0.4) is 0 Å². The van der Waals surface area contributed by atoms with Crippen LogP contribution >= 0.6 is 0 Å². The molecule has 3 heteroatoms. The lowest BCUT2D eigenvalue weighted by Gasteiger charge is -2.07. The van der Waals surface area contributed by atoms with Crippen LogP contribution in [0, 0.1) is 12.8 Å². The fourth-order valence-corrected chi connectivity index (χ4v) is 2.16. The third-order valence-corrected chi connectivity index (χ3v) is 3.34. The number of carboxylic acids is 1. The SMILES string of the molecule is Cc1cccc2c1cc(CC(C)C(=O)O)n2C. The second-order valence-electron chi connectivity index (χ2n) is 4.65. The summed E-state index contributed by atoms with van der Waals surface area (Å²) in [5, 5.41) is 10.2. The molecule has 0 saturated carbocycles. The minimum Gasteiger partial charge on any atom is -0.481 e. The lowest BCUT2D eigenvalue weighted by atomic mass is 10.1. The standard InChI is InChI=1S/C14H17NO2/c1-9-5-4-6-13-12(9)8-11(15(13)3)7-10(2)14(16)17/h4-6,8,10H,7H2,1-3H3,(H,16,17). The molecule has 0 radical (unpaired) electrons. The molecule has 0 bridgehead atoms. The summed E-state index contributed by atoms with van der Waals surface area (Å²) in [4.78, 5) is 10.9. The van der Waals surface area contributed by atoms with Crippen molar-refractivity contribution in [1.82, 2.24) is 4.57 Å². The number of carbonyl (C=O) groups is 1. The molecular formula is C14H17NO2. The number of rotatable bonds is 3. The number of benzene rings is 1. The van der Waals surface area contributed by atoms with Gasteiger partial charge in [-0.2, -0.15) is 0 Å². The molecule has 0 aliphatic carbocycles. The van der Waals surface area contributed by atoms with E-state index in [-0.39, 0.29) is 5.92 Å². The average molecular weight is 231 g/mol. The maximum atomic E-state index is 10.9. The van der Waals surface area contributed by atoms with Gasteiger partial charge in [0.05, 0.1) is 5.92 Å². The van der Waals surface area contributed by atoms with Crippen molar-refractivity contribution in [3.63, 3.8) is 0 Å². The molecule has 1 unspecified atom stereocenters. The van der Waals surface area contributed by atoms with Crippen LogP contribution < -0.4 is 0 Å². The monoisotopic (exact) mass is 231 g/mol. The molecule has 0 aliphatic heterocycles. The summed E-state index contributed by atoms with van der Waals surface area (Å²) in [5.41, 5.74) is 3.47. The van der Waals surface area contributed by atoms with Crippen molar-refractivity contribution in [2.45, 2.75) is 20.3 Å². The fraction of sp³-hybridized carbons (Fsp3) is 0.357. The molecule has 2 aromatic rings. The number of hydrogen-bond acceptors (Lipinski definition) is 1. The fourth-order valence-electron chi connectivity index (χ4n) is 2.16. The topological polar surface area (TPSA) is 42.2 Å². The highest BCUT2D eigenvalue weighted by Crippen LogP contribution is 2.23. The maximum absolute atomic E-state index is 10.9. The largest absolute Gasteiger partial charge is 0.481 e. The van der Waals surface area contributed by atoms with Crippen molar-refractivity contribution in [2.24, 2.45) is 13.0 Å². The van der Waals surface area contributed by atoms with E-state index < -0.39 is 5.97 Å². The molecule has 1 aromatic heterocycles. The van der Waals surface area contributed by atoms with Gasteiger partial charge in [0.2, 0.25) is 0 Å². The van der Waals surface area contributed by atoms with Crippen molar-refractivity contribution < 1.29 is 9.90 Å². The van der Waals surface area contributed by atoms with E-state index in [1.807, 2.05) is 13.1 Å². The molecule has 1 atom stereocenters. The Morgan fingerprint density at radius 1 is 1.47 bits per heavy atom. The minimum atomic E-state index is -0.744. The van der Waals surface area contributed by atoms with Crippen molar-refractivity contribution in [1.29, 1.82) is 0 Å². The Bertz CT molecular complexity index is 569. The summed E-state index contributed by atoms with van der Waals surface area (Å²) in [6.07, 6.45) is 0.569. The minimum absolute atomic E-state index is 0.349. The van der Waals surface area contributed by atoms with E-state index in [2.05, 4.69) is 29.7 Å². The van der Waals surface area contributed by atoms with Gasteiger partial charge in [0.25, 0.3) is 0 Å². The first-order valence-electron chi connectivity index (χ1n) is 5.77. The summed E-state index contributed by atoms with van der Waals surface area (Å²) >= 11 is 0. The number of aromatic nitrogens is 1. The van der Waals surface area contributed by atoms with Gasteiger partial charge in [-0.15, -0.1) is 0 Å². The summed E-state index contributed by atoms with van der Waals surface area (Å²) in [6, 6.07) is 8.27. The predicted octanol–water partition coefficient (Wildman–Crippen LogP) is 2.75. The van der Waals surface area contributed by atoms with Gasteiger partial charge in [0, 0.05) is 30.1 Å². The summed E-state index contributed by atoms with van der Waals surface area (Å²) in [6.45, 7) is 3.82. The predicted molar refractivity (Wildman–Crippen MR) is 68.2 cm³/mol. The highest BCUT2D eigenvalue weighted by molar-refractivity contribution is 5.84. The number of carboxylic acid groups (broad SMARTS) is 1. The van der Waals surface area contributed by atoms with Gasteiger partial charge in [-0.1, -0.05) is 19.1 Å². The molecule has 0 amide bonds. The molecule has 1 N–H and O–H groups in total. The zero-order valence-corrected chi connectivity index (χ0v) is 10.4. The van der Waals surface area contributed by atoms with E-state index >= 15 is 0 Å². The first-order chi connectivity index (χ1) is 8.00. The van der Waals surface area contributed by atoms with Crippen LogP contribution in [-0.4, -0.2) is 15.6 Å². The number of fused-ring (bicyclic) bond motifs is 1. The zero-order chi connectivity index (χ0) is 12.6. The first kappa shape index (κ1) is 11.7. The maximum Gasteiger partial charge on any atom is 0.306 e. The van der Waals surface area contributed by atoms with Gasteiger partial charge in [-0.25, -0.2) is 0 Å². The summed E-state index contributed by atoms with van der Waals surface area (Å²) in [7, 11) is 1.99. The Morgan fingerprint density at radius 2 is 2.18 bits per heavy atom. The van der Waals surface area contributed by atoms with E-state index in [4.69, 9.17) is 5.11 Å². The van der Waals surface area contributed by atoms with E-state index in [1.165, 1.54) is 10.9 Å². The molecule has 0 saturated heterocycles. The summed E-state index contributed by atoms with van der Waals surface area (Å²) < 4.78 is 2.09. The quantitative estimate of drug-likeness (QED) is 0.882. The number of nitrogens with zero attached hydrogens (tertiary/aromatic N) is 1. The van der Waals surface area contributed by atoms with Crippen molar-refractivity contribution in [2.75, 3.05) is 0 Å². The van der Waals surface area contributed by atoms with Crippen LogP contribution in [0.1, 0.15) is 18.2 Å². The van der Waals surface area contributed by atoms with Crippen LogP contribution in [0.15, 0.2) is 24.3 Å². The van der Waals surface area contributed by atoms with E-state index in [0.29, 0.717) is 6.42 Å². The Morgan fingerprint density at radius 3 is 2.76 bits per heavy atom. The molecule has 3 nitrogen and oxygen atoms in total. The van der Waals surface area contributed by atoms with Gasteiger partial charge in [-0.05, 0) is 24.6 Å². The van der Waals surface area contributed by atoms with E-state index in [1.54, 1.807) is 6.92 Å². The molecule has 1 aromatic carbocycles. The van der Waals surface area contributed by atoms with Gasteiger partial charge < -0.3 is 9.67 Å². The van der Waals surface area contributed by atoms with E-state index in [9.17, 15) is 4.79 Å². The normalized spacial score (nSPS) is 12.9. The smallest absolute Gasteiger partial charge is 0.306 e. The lowest BCUT2D eigenvalue weighted by molar-refractivity contribution is -0.141. The second kappa shape index (κ2) is 4.24. The summed E-state index contributed by atoms with van der Waals surface area (Å²) in [5.74, 6) is -1.09. The second-order valence-corrected chi connectivity index (χ2v) is 4.65. The highest BCUT2D eigenvalue weighted by Gasteiger charge is 2.15. The van der Waals surface area contributed by atoms with Crippen LogP contribution in [0.25, 0.3) is 10.9 Å². The molecule has 90 valence electrons. The van der Waals surface area contributed by atoms with E-state index in [0.717, 1.165) is 11.2 Å². The van der Waals surface area contributed by atoms with Gasteiger partial charge in [0.1, 0.15) is 0 Å². The molecule has 0 fully saturated rings. The third-order valence-electron chi connectivity index (χ3n) is 3.34. The molecular weight excluding hydrogens is 214 g/mol. The van der Waals surface area contributed by atoms with Crippen LogP contribution in [0.4, 0.5) is 0 Å². The highest BCUT2D eigenvalue weighted by atomic mass is 16.4. The van der Waals surface area contributed by atoms with Crippen LogP contribution in [0.2, 0.25) is 0 Å². The Labute approximate surface area is 101 Å². The third kappa shape index (κ3) is 2.05. The zero-order valence-electron chi connectivity index (χ0n) is 10.4. The number of hydrogen-bond donors (Lipinski definition) is 1. The van der Waals surface area contributed by atoms with Crippen molar-refractivity contribution >= 4 is 16.9 Å².